The first-order valence-corrected chi connectivity index (χ1v) is 8.28. The van der Waals surface area contributed by atoms with Crippen LogP contribution < -0.4 is 11.1 Å². The number of nitrogens with one attached hydrogen (secondary N) is 1. The highest BCUT2D eigenvalue weighted by Gasteiger charge is 2.34. The van der Waals surface area contributed by atoms with E-state index in [0.29, 0.717) is 30.8 Å². The number of carbonyl (C=O) groups is 2. The Morgan fingerprint density at radius 2 is 2.04 bits per heavy atom. The van der Waals surface area contributed by atoms with Crippen LogP contribution in [0.2, 0.25) is 0 Å². The SMILES string of the molecule is CCCC(C)(N)C(=O)N1CCC(NC(=O)c2ccoc2C)CC1.Cl. The van der Waals surface area contributed by atoms with Gasteiger partial charge in [0.25, 0.3) is 5.91 Å². The molecule has 1 unspecified atom stereocenters. The summed E-state index contributed by atoms with van der Waals surface area (Å²) in [6.45, 7) is 6.85. The van der Waals surface area contributed by atoms with E-state index in [2.05, 4.69) is 5.32 Å². The Morgan fingerprint density at radius 3 is 2.54 bits per heavy atom. The minimum Gasteiger partial charge on any atom is -0.469 e. The van der Waals surface area contributed by atoms with Crippen molar-refractivity contribution in [3.8, 4) is 0 Å². The van der Waals surface area contributed by atoms with E-state index >= 15 is 0 Å². The van der Waals surface area contributed by atoms with Crippen molar-refractivity contribution in [3.05, 3.63) is 23.7 Å². The maximum absolute atomic E-state index is 12.5. The third kappa shape index (κ3) is 4.74. The van der Waals surface area contributed by atoms with E-state index in [1.165, 1.54) is 6.26 Å². The second-order valence-electron chi connectivity index (χ2n) is 6.60. The van der Waals surface area contributed by atoms with Crippen molar-refractivity contribution in [1.29, 1.82) is 0 Å². The number of hydrogen-bond donors (Lipinski definition) is 2. The Kier molecular flexibility index (Phi) is 7.29. The third-order valence-electron chi connectivity index (χ3n) is 4.48. The number of rotatable bonds is 5. The molecule has 1 fully saturated rings. The van der Waals surface area contributed by atoms with E-state index in [9.17, 15) is 9.59 Å². The van der Waals surface area contributed by atoms with Gasteiger partial charge in [-0.3, -0.25) is 9.59 Å². The Bertz CT molecular complexity index is 563. The first kappa shape index (κ1) is 20.5. The molecule has 0 aliphatic carbocycles. The molecule has 2 amide bonds. The van der Waals surface area contributed by atoms with Gasteiger partial charge in [0, 0.05) is 19.1 Å². The summed E-state index contributed by atoms with van der Waals surface area (Å²) in [6.07, 6.45) is 4.58. The summed E-state index contributed by atoms with van der Waals surface area (Å²) in [5, 5.41) is 3.02. The summed E-state index contributed by atoms with van der Waals surface area (Å²) in [5.41, 5.74) is 5.90. The highest BCUT2D eigenvalue weighted by Crippen LogP contribution is 2.18. The lowest BCUT2D eigenvalue weighted by atomic mass is 9.94. The zero-order valence-electron chi connectivity index (χ0n) is 14.6. The zero-order chi connectivity index (χ0) is 17.0. The summed E-state index contributed by atoms with van der Waals surface area (Å²) in [4.78, 5) is 26.5. The van der Waals surface area contributed by atoms with Crippen molar-refractivity contribution in [2.24, 2.45) is 5.73 Å². The van der Waals surface area contributed by atoms with Gasteiger partial charge in [-0.05, 0) is 39.2 Å². The molecule has 2 rings (SSSR count). The topological polar surface area (TPSA) is 88.6 Å². The van der Waals surface area contributed by atoms with Crippen molar-refractivity contribution in [2.45, 2.75) is 58.0 Å². The van der Waals surface area contributed by atoms with Gasteiger partial charge in [0.1, 0.15) is 5.76 Å². The number of furan rings is 1. The largest absolute Gasteiger partial charge is 0.469 e. The van der Waals surface area contributed by atoms with Gasteiger partial charge in [-0.15, -0.1) is 12.4 Å². The molecule has 1 aromatic rings. The van der Waals surface area contributed by atoms with Gasteiger partial charge in [0.15, 0.2) is 0 Å². The summed E-state index contributed by atoms with van der Waals surface area (Å²) in [7, 11) is 0. The molecule has 1 aliphatic heterocycles. The summed E-state index contributed by atoms with van der Waals surface area (Å²) in [5.74, 6) is 0.513. The van der Waals surface area contributed by atoms with Crippen molar-refractivity contribution in [2.75, 3.05) is 13.1 Å². The molecule has 0 bridgehead atoms. The smallest absolute Gasteiger partial charge is 0.255 e. The van der Waals surface area contributed by atoms with Gasteiger partial charge in [-0.2, -0.15) is 0 Å². The van der Waals surface area contributed by atoms with Crippen LogP contribution in [0, 0.1) is 6.92 Å². The molecule has 6 nitrogen and oxygen atoms in total. The van der Waals surface area contributed by atoms with Crippen LogP contribution in [0.3, 0.4) is 0 Å². The molecule has 0 spiro atoms. The van der Waals surface area contributed by atoms with Gasteiger partial charge >= 0.3 is 0 Å². The van der Waals surface area contributed by atoms with Crippen LogP contribution in [0.1, 0.15) is 55.6 Å². The van der Waals surface area contributed by atoms with Gasteiger partial charge < -0.3 is 20.4 Å². The standard InChI is InChI=1S/C17H27N3O3.ClH/c1-4-8-17(3,18)16(22)20-9-5-13(6-10-20)19-15(21)14-7-11-23-12(14)2;/h7,11,13H,4-6,8-10,18H2,1-3H3,(H,19,21);1H. The quantitative estimate of drug-likeness (QED) is 0.845. The Hall–Kier alpha value is -1.53. The first-order chi connectivity index (χ1) is 10.8. The van der Waals surface area contributed by atoms with Gasteiger partial charge in [0.05, 0.1) is 17.4 Å². The third-order valence-corrected chi connectivity index (χ3v) is 4.48. The molecule has 3 N–H and O–H groups in total. The Labute approximate surface area is 149 Å². The van der Waals surface area contributed by atoms with Crippen LogP contribution in [0.15, 0.2) is 16.7 Å². The molecule has 2 heterocycles. The molecule has 0 radical (unpaired) electrons. The highest BCUT2D eigenvalue weighted by molar-refractivity contribution is 5.95. The van der Waals surface area contributed by atoms with Gasteiger partial charge in [-0.1, -0.05) is 13.3 Å². The lowest BCUT2D eigenvalue weighted by Gasteiger charge is -2.37. The number of piperidine rings is 1. The average Bonchev–Trinajstić information content (AvgIpc) is 2.93. The van der Waals surface area contributed by atoms with E-state index in [-0.39, 0.29) is 30.3 Å². The number of carbonyl (C=O) groups excluding carboxylic acids is 2. The normalized spacial score (nSPS) is 17.8. The summed E-state index contributed by atoms with van der Waals surface area (Å²) < 4.78 is 5.16. The van der Waals surface area contributed by atoms with E-state index in [1.807, 2.05) is 11.8 Å². The average molecular weight is 358 g/mol. The fraction of sp³-hybridized carbons (Fsp3) is 0.647. The van der Waals surface area contributed by atoms with E-state index in [0.717, 1.165) is 19.3 Å². The Balaban J connectivity index is 0.00000288. The minimum absolute atomic E-state index is 0. The number of nitrogens with two attached hydrogens (primary N) is 1. The zero-order valence-corrected chi connectivity index (χ0v) is 15.4. The van der Waals surface area contributed by atoms with E-state index in [4.69, 9.17) is 10.2 Å². The molecule has 1 atom stereocenters. The predicted octanol–water partition coefficient (Wildman–Crippen LogP) is 2.25. The van der Waals surface area contributed by atoms with Crippen LogP contribution in [0.4, 0.5) is 0 Å². The summed E-state index contributed by atoms with van der Waals surface area (Å²) >= 11 is 0. The second kappa shape index (κ2) is 8.53. The molecule has 24 heavy (non-hydrogen) atoms. The fourth-order valence-corrected chi connectivity index (χ4v) is 3.10. The number of amides is 2. The number of aryl methyl sites for hydroxylation is 1. The van der Waals surface area contributed by atoms with Crippen LogP contribution >= 0.6 is 12.4 Å². The van der Waals surface area contributed by atoms with Crippen LogP contribution in [-0.2, 0) is 4.79 Å². The van der Waals surface area contributed by atoms with Crippen molar-refractivity contribution in [1.82, 2.24) is 10.2 Å². The molecule has 0 aromatic carbocycles. The van der Waals surface area contributed by atoms with E-state index in [1.54, 1.807) is 19.9 Å². The van der Waals surface area contributed by atoms with Crippen molar-refractivity contribution < 1.29 is 14.0 Å². The number of hydrogen-bond acceptors (Lipinski definition) is 4. The van der Waals surface area contributed by atoms with Gasteiger partial charge in [-0.25, -0.2) is 0 Å². The van der Waals surface area contributed by atoms with Crippen LogP contribution in [0.25, 0.3) is 0 Å². The van der Waals surface area contributed by atoms with Crippen LogP contribution in [-0.4, -0.2) is 41.4 Å². The molecule has 1 saturated heterocycles. The lowest BCUT2D eigenvalue weighted by Crippen LogP contribution is -2.56. The maximum Gasteiger partial charge on any atom is 0.255 e. The molecular formula is C17H28ClN3O3. The molecule has 7 heteroatoms. The Morgan fingerprint density at radius 1 is 1.42 bits per heavy atom. The van der Waals surface area contributed by atoms with Gasteiger partial charge in [0.2, 0.25) is 5.91 Å². The first-order valence-electron chi connectivity index (χ1n) is 8.28. The molecule has 1 aromatic heterocycles. The fourth-order valence-electron chi connectivity index (χ4n) is 3.10. The molecule has 136 valence electrons. The minimum atomic E-state index is -0.793. The number of nitrogens with zero attached hydrogens (tertiary/aromatic N) is 1. The van der Waals surface area contributed by atoms with E-state index < -0.39 is 5.54 Å². The molecular weight excluding hydrogens is 330 g/mol. The van der Waals surface area contributed by atoms with Crippen LogP contribution in [0.5, 0.6) is 0 Å². The number of halogens is 1. The van der Waals surface area contributed by atoms with Crippen molar-refractivity contribution >= 4 is 24.2 Å². The summed E-state index contributed by atoms with van der Waals surface area (Å²) in [6, 6.07) is 1.75. The molecule has 1 aliphatic rings. The predicted molar refractivity (Wildman–Crippen MR) is 95.3 cm³/mol. The molecule has 0 saturated carbocycles. The lowest BCUT2D eigenvalue weighted by molar-refractivity contribution is -0.137. The van der Waals surface area contributed by atoms with Crippen molar-refractivity contribution in [3.63, 3.8) is 0 Å². The maximum atomic E-state index is 12.5. The number of likely N-dealkylation sites (tertiary alicyclic amines) is 1. The second-order valence-corrected chi connectivity index (χ2v) is 6.60. The monoisotopic (exact) mass is 357 g/mol. The highest BCUT2D eigenvalue weighted by atomic mass is 35.5.